The third-order valence-corrected chi connectivity index (χ3v) is 3.47. The van der Waals surface area contributed by atoms with Crippen LogP contribution in [0.25, 0.3) is 0 Å². The Bertz CT molecular complexity index is 695. The molecule has 0 aromatic heterocycles. The van der Waals surface area contributed by atoms with Gasteiger partial charge >= 0.3 is 5.97 Å². The van der Waals surface area contributed by atoms with E-state index in [0.717, 1.165) is 12.8 Å². The second-order valence-corrected chi connectivity index (χ2v) is 5.22. The minimum atomic E-state index is -0.375. The molecule has 0 unspecified atom stereocenters. The molecule has 0 aliphatic rings. The molecule has 0 fully saturated rings. The van der Waals surface area contributed by atoms with E-state index in [0.29, 0.717) is 29.2 Å². The fraction of sp³-hybridized carbons (Fsp3) is 0.263. The zero-order valence-corrected chi connectivity index (χ0v) is 13.9. The maximum Gasteiger partial charge on any atom is 0.338 e. The van der Waals surface area contributed by atoms with Crippen LogP contribution in [0.2, 0.25) is 0 Å². The van der Waals surface area contributed by atoms with Crippen molar-refractivity contribution in [2.24, 2.45) is 0 Å². The van der Waals surface area contributed by atoms with E-state index in [1.54, 1.807) is 43.5 Å². The third kappa shape index (κ3) is 4.59. The maximum absolute atomic E-state index is 12.3. The van der Waals surface area contributed by atoms with Gasteiger partial charge in [-0.25, -0.2) is 4.79 Å². The van der Waals surface area contributed by atoms with Crippen LogP contribution in [0.5, 0.6) is 5.75 Å². The van der Waals surface area contributed by atoms with Crippen LogP contribution < -0.4 is 10.1 Å². The molecule has 2 aromatic carbocycles. The predicted octanol–water partition coefficient (Wildman–Crippen LogP) is 3.90. The zero-order valence-electron chi connectivity index (χ0n) is 13.9. The number of amides is 1. The number of hydrogen-bond donors (Lipinski definition) is 1. The van der Waals surface area contributed by atoms with Crippen molar-refractivity contribution in [2.45, 2.75) is 19.8 Å². The van der Waals surface area contributed by atoms with E-state index in [2.05, 4.69) is 5.32 Å². The molecule has 1 amide bonds. The van der Waals surface area contributed by atoms with E-state index in [9.17, 15) is 9.59 Å². The average molecular weight is 327 g/mol. The summed E-state index contributed by atoms with van der Waals surface area (Å²) in [5.74, 6) is -0.0625. The second kappa shape index (κ2) is 8.72. The number of carbonyl (C=O) groups is 2. The van der Waals surface area contributed by atoms with E-state index in [1.165, 1.54) is 0 Å². The molecule has 0 saturated carbocycles. The van der Waals surface area contributed by atoms with Gasteiger partial charge in [0.15, 0.2) is 0 Å². The first-order valence-electron chi connectivity index (χ1n) is 7.87. The molecule has 0 saturated heterocycles. The van der Waals surface area contributed by atoms with Gasteiger partial charge in [0.2, 0.25) is 0 Å². The average Bonchev–Trinajstić information content (AvgIpc) is 2.62. The van der Waals surface area contributed by atoms with Gasteiger partial charge in [-0.05, 0) is 42.8 Å². The molecule has 0 heterocycles. The van der Waals surface area contributed by atoms with E-state index in [-0.39, 0.29) is 11.9 Å². The molecule has 0 atom stereocenters. The topological polar surface area (TPSA) is 64.6 Å². The molecule has 2 aromatic rings. The van der Waals surface area contributed by atoms with Crippen molar-refractivity contribution >= 4 is 17.6 Å². The highest BCUT2D eigenvalue weighted by Crippen LogP contribution is 2.23. The Morgan fingerprint density at radius 1 is 1.00 bits per heavy atom. The lowest BCUT2D eigenvalue weighted by Crippen LogP contribution is -2.13. The molecule has 126 valence electrons. The van der Waals surface area contributed by atoms with Gasteiger partial charge in [0, 0.05) is 5.56 Å². The Kier molecular flexibility index (Phi) is 6.37. The lowest BCUT2D eigenvalue weighted by Gasteiger charge is -2.10. The van der Waals surface area contributed by atoms with E-state index in [1.807, 2.05) is 19.1 Å². The van der Waals surface area contributed by atoms with Gasteiger partial charge in [0.05, 0.1) is 25.0 Å². The highest BCUT2D eigenvalue weighted by Gasteiger charge is 2.11. The number of para-hydroxylation sites is 2. The lowest BCUT2D eigenvalue weighted by molar-refractivity contribution is 0.0499. The molecular formula is C19H21NO4. The highest BCUT2D eigenvalue weighted by atomic mass is 16.5. The Labute approximate surface area is 141 Å². The van der Waals surface area contributed by atoms with Crippen molar-refractivity contribution in [2.75, 3.05) is 19.0 Å². The third-order valence-electron chi connectivity index (χ3n) is 3.47. The highest BCUT2D eigenvalue weighted by molar-refractivity contribution is 6.05. The van der Waals surface area contributed by atoms with Gasteiger partial charge in [0.1, 0.15) is 5.75 Å². The van der Waals surface area contributed by atoms with E-state index >= 15 is 0 Å². The number of nitrogens with one attached hydrogen (secondary N) is 1. The number of rotatable bonds is 7. The number of benzene rings is 2. The van der Waals surface area contributed by atoms with Gasteiger partial charge in [-0.2, -0.15) is 0 Å². The van der Waals surface area contributed by atoms with Crippen molar-refractivity contribution in [1.82, 2.24) is 0 Å². The minimum absolute atomic E-state index is 0.273. The fourth-order valence-corrected chi connectivity index (χ4v) is 2.09. The zero-order chi connectivity index (χ0) is 17.4. The van der Waals surface area contributed by atoms with Gasteiger partial charge in [-0.3, -0.25) is 4.79 Å². The van der Waals surface area contributed by atoms with Crippen LogP contribution in [0.15, 0.2) is 48.5 Å². The second-order valence-electron chi connectivity index (χ2n) is 5.22. The summed E-state index contributed by atoms with van der Waals surface area (Å²) in [6.07, 6.45) is 1.81. The molecule has 0 aliphatic heterocycles. The van der Waals surface area contributed by atoms with E-state index < -0.39 is 0 Å². The van der Waals surface area contributed by atoms with Crippen LogP contribution in [0, 0.1) is 0 Å². The standard InChI is InChI=1S/C19H21NO4/c1-3-4-13-24-19(22)15-11-9-14(10-12-15)18(21)20-16-7-5-6-8-17(16)23-2/h5-12H,3-4,13H2,1-2H3,(H,20,21). The molecule has 1 N–H and O–H groups in total. The number of hydrogen-bond acceptors (Lipinski definition) is 4. The van der Waals surface area contributed by atoms with Crippen LogP contribution in [-0.2, 0) is 4.74 Å². The Hall–Kier alpha value is -2.82. The van der Waals surface area contributed by atoms with Gasteiger partial charge in [-0.1, -0.05) is 25.5 Å². The quantitative estimate of drug-likeness (QED) is 0.619. The Morgan fingerprint density at radius 3 is 2.33 bits per heavy atom. The molecule has 0 radical (unpaired) electrons. The van der Waals surface area contributed by atoms with Crippen molar-refractivity contribution < 1.29 is 19.1 Å². The summed E-state index contributed by atoms with van der Waals surface area (Å²) in [6.45, 7) is 2.44. The number of ether oxygens (including phenoxy) is 2. The Balaban J connectivity index is 2.02. The van der Waals surface area contributed by atoms with Gasteiger partial charge < -0.3 is 14.8 Å². The molecule has 5 heteroatoms. The number of methoxy groups -OCH3 is 1. The number of anilines is 1. The maximum atomic E-state index is 12.3. The normalized spacial score (nSPS) is 10.1. The predicted molar refractivity (Wildman–Crippen MR) is 92.6 cm³/mol. The van der Waals surface area contributed by atoms with Crippen molar-refractivity contribution in [1.29, 1.82) is 0 Å². The lowest BCUT2D eigenvalue weighted by atomic mass is 10.1. The fourth-order valence-electron chi connectivity index (χ4n) is 2.09. The monoisotopic (exact) mass is 327 g/mol. The molecule has 0 aliphatic carbocycles. The van der Waals surface area contributed by atoms with Crippen LogP contribution >= 0.6 is 0 Å². The summed E-state index contributed by atoms with van der Waals surface area (Å²) in [5, 5.41) is 2.79. The van der Waals surface area contributed by atoms with Crippen LogP contribution in [0.3, 0.4) is 0 Å². The first-order valence-corrected chi connectivity index (χ1v) is 7.87. The summed E-state index contributed by atoms with van der Waals surface area (Å²) in [4.78, 5) is 24.1. The summed E-state index contributed by atoms with van der Waals surface area (Å²) < 4.78 is 10.3. The first-order chi connectivity index (χ1) is 11.7. The molecule has 5 nitrogen and oxygen atoms in total. The summed E-state index contributed by atoms with van der Waals surface area (Å²) in [7, 11) is 1.55. The van der Waals surface area contributed by atoms with E-state index in [4.69, 9.17) is 9.47 Å². The molecular weight excluding hydrogens is 306 g/mol. The summed E-state index contributed by atoms with van der Waals surface area (Å²) in [6, 6.07) is 13.5. The molecule has 0 bridgehead atoms. The molecule has 24 heavy (non-hydrogen) atoms. The largest absolute Gasteiger partial charge is 0.495 e. The summed E-state index contributed by atoms with van der Waals surface area (Å²) in [5.41, 5.74) is 1.47. The number of carbonyl (C=O) groups excluding carboxylic acids is 2. The van der Waals surface area contributed by atoms with Crippen LogP contribution in [-0.4, -0.2) is 25.6 Å². The number of unbranched alkanes of at least 4 members (excludes halogenated alkanes) is 1. The number of esters is 1. The molecule has 0 spiro atoms. The van der Waals surface area contributed by atoms with Crippen LogP contribution in [0.4, 0.5) is 5.69 Å². The van der Waals surface area contributed by atoms with Gasteiger partial charge in [0.25, 0.3) is 5.91 Å². The first kappa shape index (κ1) is 17.5. The van der Waals surface area contributed by atoms with Crippen molar-refractivity contribution in [3.63, 3.8) is 0 Å². The van der Waals surface area contributed by atoms with Crippen molar-refractivity contribution in [3.8, 4) is 5.75 Å². The Morgan fingerprint density at radius 2 is 1.67 bits per heavy atom. The summed E-state index contributed by atoms with van der Waals surface area (Å²) >= 11 is 0. The van der Waals surface area contributed by atoms with Gasteiger partial charge in [-0.15, -0.1) is 0 Å². The minimum Gasteiger partial charge on any atom is -0.495 e. The van der Waals surface area contributed by atoms with Crippen molar-refractivity contribution in [3.05, 3.63) is 59.7 Å². The molecule has 2 rings (SSSR count). The van der Waals surface area contributed by atoms with Crippen LogP contribution in [0.1, 0.15) is 40.5 Å². The smallest absolute Gasteiger partial charge is 0.338 e. The SMILES string of the molecule is CCCCOC(=O)c1ccc(C(=O)Nc2ccccc2OC)cc1.